The second-order valence-electron chi connectivity index (χ2n) is 6.88. The zero-order valence-corrected chi connectivity index (χ0v) is 13.7. The van der Waals surface area contributed by atoms with E-state index in [1.807, 2.05) is 12.1 Å². The second kappa shape index (κ2) is 4.86. The van der Waals surface area contributed by atoms with Gasteiger partial charge in [-0.1, -0.05) is 24.3 Å². The molecule has 0 amide bonds. The minimum Gasteiger partial charge on any atom is -0.495 e. The number of rotatable bonds is 1. The molecule has 0 saturated carbocycles. The van der Waals surface area contributed by atoms with Crippen molar-refractivity contribution in [3.63, 3.8) is 0 Å². The summed E-state index contributed by atoms with van der Waals surface area (Å²) < 4.78 is 10.9. The number of methoxy groups -OCH3 is 1. The predicted molar refractivity (Wildman–Crippen MR) is 90.0 cm³/mol. The largest absolute Gasteiger partial charge is 0.495 e. The summed E-state index contributed by atoms with van der Waals surface area (Å²) in [5.74, 6) is 0.759. The van der Waals surface area contributed by atoms with Gasteiger partial charge in [-0.15, -0.1) is 0 Å². The van der Waals surface area contributed by atoms with E-state index in [2.05, 4.69) is 28.1 Å². The van der Waals surface area contributed by atoms with Crippen LogP contribution in [0.25, 0.3) is 10.9 Å². The van der Waals surface area contributed by atoms with Gasteiger partial charge in [0.15, 0.2) is 0 Å². The van der Waals surface area contributed by atoms with E-state index in [9.17, 15) is 4.79 Å². The Balaban J connectivity index is 1.76. The lowest BCUT2D eigenvalue weighted by Gasteiger charge is -2.45. The molecule has 1 aromatic heterocycles. The van der Waals surface area contributed by atoms with E-state index in [1.54, 1.807) is 7.11 Å². The first-order valence-corrected chi connectivity index (χ1v) is 8.51. The van der Waals surface area contributed by atoms with Gasteiger partial charge in [-0.3, -0.25) is 9.69 Å². The van der Waals surface area contributed by atoms with Gasteiger partial charge in [-0.2, -0.15) is 0 Å². The molecule has 1 saturated heterocycles. The third-order valence-electron chi connectivity index (χ3n) is 5.82. The first-order chi connectivity index (χ1) is 11.7. The minimum atomic E-state index is -0.554. The number of hydrogen-bond donors (Lipinski definition) is 1. The Hall–Kier alpha value is -2.27. The molecule has 2 aromatic rings. The number of cyclic esters (lactones) is 1. The molecule has 1 spiro atoms. The molecule has 124 valence electrons. The molecule has 5 rings (SSSR count). The van der Waals surface area contributed by atoms with E-state index in [-0.39, 0.29) is 12.0 Å². The summed E-state index contributed by atoms with van der Waals surface area (Å²) in [6.45, 7) is 2.35. The van der Waals surface area contributed by atoms with E-state index in [0.717, 1.165) is 42.9 Å². The number of aromatic nitrogens is 1. The van der Waals surface area contributed by atoms with E-state index in [1.165, 1.54) is 10.9 Å². The molecule has 0 radical (unpaired) electrons. The van der Waals surface area contributed by atoms with Crippen LogP contribution in [0.4, 0.5) is 0 Å². The lowest BCUT2D eigenvalue weighted by atomic mass is 9.72. The average Bonchev–Trinajstić information content (AvgIpc) is 3.16. The smallest absolute Gasteiger partial charge is 0.318 e. The summed E-state index contributed by atoms with van der Waals surface area (Å²) in [7, 11) is 1.69. The van der Waals surface area contributed by atoms with E-state index < -0.39 is 5.41 Å². The van der Waals surface area contributed by atoms with Crippen molar-refractivity contribution in [2.75, 3.05) is 26.8 Å². The molecule has 24 heavy (non-hydrogen) atoms. The van der Waals surface area contributed by atoms with Gasteiger partial charge in [0.25, 0.3) is 0 Å². The van der Waals surface area contributed by atoms with Crippen molar-refractivity contribution in [3.05, 3.63) is 41.6 Å². The maximum atomic E-state index is 12.6. The summed E-state index contributed by atoms with van der Waals surface area (Å²) in [4.78, 5) is 18.6. The summed E-state index contributed by atoms with van der Waals surface area (Å²) in [5.41, 5.74) is 2.95. The third-order valence-corrected chi connectivity index (χ3v) is 5.82. The normalized spacial score (nSPS) is 28.9. The Morgan fingerprint density at radius 3 is 3.12 bits per heavy atom. The highest BCUT2D eigenvalue weighted by Gasteiger charge is 2.55. The van der Waals surface area contributed by atoms with Crippen LogP contribution in [0.3, 0.4) is 0 Å². The van der Waals surface area contributed by atoms with E-state index in [0.29, 0.717) is 6.61 Å². The molecule has 5 heteroatoms. The predicted octanol–water partition coefficient (Wildman–Crippen LogP) is 2.58. The number of ether oxygens (including phenoxy) is 2. The number of fused-ring (bicyclic) bond motifs is 6. The Morgan fingerprint density at radius 2 is 2.33 bits per heavy atom. The highest BCUT2D eigenvalue weighted by Crippen LogP contribution is 2.52. The summed E-state index contributed by atoms with van der Waals surface area (Å²) in [5, 5.41) is 1.21. The molecule has 1 aromatic carbocycles. The van der Waals surface area contributed by atoms with Crippen LogP contribution in [-0.4, -0.2) is 42.7 Å². The zero-order chi connectivity index (χ0) is 16.3. The Kier molecular flexibility index (Phi) is 2.86. The molecule has 0 aliphatic carbocycles. The van der Waals surface area contributed by atoms with Crippen LogP contribution in [0.2, 0.25) is 0 Å². The van der Waals surface area contributed by atoms with Gasteiger partial charge in [0.2, 0.25) is 0 Å². The quantitative estimate of drug-likeness (QED) is 0.647. The Labute approximate surface area is 140 Å². The maximum Gasteiger partial charge on any atom is 0.318 e. The summed E-state index contributed by atoms with van der Waals surface area (Å²) >= 11 is 0. The van der Waals surface area contributed by atoms with Crippen LogP contribution in [0, 0.1) is 5.41 Å². The molecule has 0 unspecified atom stereocenters. The monoisotopic (exact) mass is 324 g/mol. The fraction of sp³-hybridized carbons (Fsp3) is 0.421. The van der Waals surface area contributed by atoms with Crippen LogP contribution in [0.5, 0.6) is 5.75 Å². The fourth-order valence-electron chi connectivity index (χ4n) is 4.73. The van der Waals surface area contributed by atoms with Crippen molar-refractivity contribution >= 4 is 16.9 Å². The third kappa shape index (κ3) is 1.65. The minimum absolute atomic E-state index is 0.0263. The van der Waals surface area contributed by atoms with Crippen LogP contribution in [-0.2, 0) is 16.0 Å². The van der Waals surface area contributed by atoms with Crippen molar-refractivity contribution in [1.82, 2.24) is 9.88 Å². The SMILES string of the molecule is COc1cccc2c3c([nH]c12)[C@H]1N(CC=C[C@]12CCOC2=O)CC3. The van der Waals surface area contributed by atoms with Crippen molar-refractivity contribution in [1.29, 1.82) is 0 Å². The van der Waals surface area contributed by atoms with Gasteiger partial charge in [0.05, 0.1) is 25.3 Å². The Morgan fingerprint density at radius 1 is 1.42 bits per heavy atom. The number of benzene rings is 1. The molecule has 1 fully saturated rings. The fourth-order valence-corrected chi connectivity index (χ4v) is 4.73. The molecule has 2 atom stereocenters. The number of aromatic amines is 1. The van der Waals surface area contributed by atoms with E-state index >= 15 is 0 Å². The lowest BCUT2D eigenvalue weighted by molar-refractivity contribution is -0.147. The summed E-state index contributed by atoms with van der Waals surface area (Å²) in [6.07, 6.45) is 5.94. The number of para-hydroxylation sites is 1. The number of nitrogens with one attached hydrogen (secondary N) is 1. The molecular weight excluding hydrogens is 304 g/mol. The first kappa shape index (κ1) is 14.1. The van der Waals surface area contributed by atoms with Gasteiger partial charge in [0, 0.05) is 30.6 Å². The summed E-state index contributed by atoms with van der Waals surface area (Å²) in [6, 6.07) is 6.17. The zero-order valence-electron chi connectivity index (χ0n) is 13.7. The van der Waals surface area contributed by atoms with Gasteiger partial charge < -0.3 is 14.5 Å². The molecule has 3 aliphatic heterocycles. The number of esters is 1. The van der Waals surface area contributed by atoms with Crippen molar-refractivity contribution in [2.24, 2.45) is 5.41 Å². The second-order valence-corrected chi connectivity index (χ2v) is 6.88. The maximum absolute atomic E-state index is 12.6. The number of H-pyrrole nitrogens is 1. The van der Waals surface area contributed by atoms with Crippen molar-refractivity contribution in [2.45, 2.75) is 18.9 Å². The lowest BCUT2D eigenvalue weighted by Crippen LogP contribution is -2.49. The van der Waals surface area contributed by atoms with Crippen molar-refractivity contribution < 1.29 is 14.3 Å². The van der Waals surface area contributed by atoms with Crippen LogP contribution >= 0.6 is 0 Å². The average molecular weight is 324 g/mol. The topological polar surface area (TPSA) is 54.6 Å². The molecule has 4 heterocycles. The molecule has 0 bridgehead atoms. The molecule has 1 N–H and O–H groups in total. The number of nitrogens with zero attached hydrogens (tertiary/aromatic N) is 1. The molecular formula is C19H20N2O3. The van der Waals surface area contributed by atoms with Crippen LogP contribution in [0.15, 0.2) is 30.4 Å². The van der Waals surface area contributed by atoms with Crippen molar-refractivity contribution in [3.8, 4) is 5.75 Å². The first-order valence-electron chi connectivity index (χ1n) is 8.51. The highest BCUT2D eigenvalue weighted by atomic mass is 16.5. The number of carbonyl (C=O) groups excluding carboxylic acids is 1. The van der Waals surface area contributed by atoms with Gasteiger partial charge in [0.1, 0.15) is 11.2 Å². The van der Waals surface area contributed by atoms with Gasteiger partial charge in [-0.05, 0) is 18.1 Å². The van der Waals surface area contributed by atoms with Gasteiger partial charge in [-0.25, -0.2) is 0 Å². The van der Waals surface area contributed by atoms with Crippen LogP contribution in [0.1, 0.15) is 23.7 Å². The molecule has 3 aliphatic rings. The van der Waals surface area contributed by atoms with Gasteiger partial charge >= 0.3 is 5.97 Å². The number of hydrogen-bond acceptors (Lipinski definition) is 4. The van der Waals surface area contributed by atoms with Crippen LogP contribution < -0.4 is 4.74 Å². The highest BCUT2D eigenvalue weighted by molar-refractivity contribution is 5.91. The van der Waals surface area contributed by atoms with E-state index in [4.69, 9.17) is 9.47 Å². The standard InChI is InChI=1S/C19H20N2O3/c1-23-14-5-2-4-12-13-6-10-21-9-3-7-19(8-11-24-18(19)22)17(21)16(13)20-15(12)14/h2-5,7,17,20H,6,8-11H2,1H3/t17-,19+/m1/s1. The molecule has 5 nitrogen and oxygen atoms in total. The number of carbonyl (C=O) groups is 1. The Bertz CT molecular complexity index is 869.